The van der Waals surface area contributed by atoms with Gasteiger partial charge in [0.1, 0.15) is 0 Å². The van der Waals surface area contributed by atoms with Crippen LogP contribution in [0.4, 0.5) is 10.5 Å². The number of nitrogens with one attached hydrogen (secondary N) is 2. The molecule has 0 aliphatic heterocycles. The van der Waals surface area contributed by atoms with E-state index in [4.69, 9.17) is 0 Å². The first-order valence-electron chi connectivity index (χ1n) is 7.69. The summed E-state index contributed by atoms with van der Waals surface area (Å²) in [6.45, 7) is 2.57. The summed E-state index contributed by atoms with van der Waals surface area (Å²) in [5, 5.41) is 10.0. The van der Waals surface area contributed by atoms with E-state index in [-0.39, 0.29) is 6.03 Å². The first-order chi connectivity index (χ1) is 11.3. The number of benzene rings is 1. The molecule has 0 fully saturated rings. The molecule has 0 saturated carbocycles. The lowest BCUT2D eigenvalue weighted by molar-refractivity contribution is 0.252. The normalized spacial score (nSPS) is 10.7. The van der Waals surface area contributed by atoms with Crippen LogP contribution in [-0.2, 0) is 12.8 Å². The number of hydrogen-bond acceptors (Lipinski definition) is 3. The molecule has 3 rings (SSSR count). The van der Waals surface area contributed by atoms with Crippen molar-refractivity contribution in [1.29, 1.82) is 0 Å². The number of hydrogen-bond donors (Lipinski definition) is 2. The van der Waals surface area contributed by atoms with Crippen LogP contribution in [0.2, 0.25) is 0 Å². The highest BCUT2D eigenvalue weighted by Gasteiger charge is 2.09. The molecule has 23 heavy (non-hydrogen) atoms. The second-order valence-corrected chi connectivity index (χ2v) is 5.19. The SMILES string of the molecule is CCc1nc2c(NC(=O)NCCc3ccccc3)cccn2n1. The summed E-state index contributed by atoms with van der Waals surface area (Å²) >= 11 is 0. The van der Waals surface area contributed by atoms with Gasteiger partial charge in [-0.15, -0.1) is 0 Å². The topological polar surface area (TPSA) is 71.3 Å². The molecule has 2 aromatic heterocycles. The number of carbonyl (C=O) groups is 1. The summed E-state index contributed by atoms with van der Waals surface area (Å²) in [6.07, 6.45) is 3.37. The third kappa shape index (κ3) is 3.66. The van der Waals surface area contributed by atoms with Crippen molar-refractivity contribution in [2.24, 2.45) is 0 Å². The van der Waals surface area contributed by atoms with E-state index in [9.17, 15) is 4.79 Å². The third-order valence-corrected chi connectivity index (χ3v) is 3.51. The molecule has 0 bridgehead atoms. The summed E-state index contributed by atoms with van der Waals surface area (Å²) in [7, 11) is 0. The van der Waals surface area contributed by atoms with E-state index >= 15 is 0 Å². The number of rotatable bonds is 5. The maximum absolute atomic E-state index is 12.0. The third-order valence-electron chi connectivity index (χ3n) is 3.51. The number of nitrogens with zero attached hydrogens (tertiary/aromatic N) is 3. The van der Waals surface area contributed by atoms with Crippen LogP contribution in [0.3, 0.4) is 0 Å². The Morgan fingerprint density at radius 1 is 1.17 bits per heavy atom. The van der Waals surface area contributed by atoms with Crippen LogP contribution in [0.1, 0.15) is 18.3 Å². The molecule has 2 heterocycles. The van der Waals surface area contributed by atoms with Gasteiger partial charge in [0, 0.05) is 19.2 Å². The summed E-state index contributed by atoms with van der Waals surface area (Å²) in [5.74, 6) is 0.753. The summed E-state index contributed by atoms with van der Waals surface area (Å²) in [6, 6.07) is 13.5. The number of urea groups is 1. The maximum atomic E-state index is 12.0. The highest BCUT2D eigenvalue weighted by molar-refractivity contribution is 5.92. The van der Waals surface area contributed by atoms with Gasteiger partial charge in [-0.3, -0.25) is 0 Å². The lowest BCUT2D eigenvalue weighted by Gasteiger charge is -2.08. The van der Waals surface area contributed by atoms with Gasteiger partial charge in [0.15, 0.2) is 11.5 Å². The van der Waals surface area contributed by atoms with Crippen LogP contribution < -0.4 is 10.6 Å². The number of amides is 2. The largest absolute Gasteiger partial charge is 0.338 e. The Morgan fingerprint density at radius 2 is 2.00 bits per heavy atom. The quantitative estimate of drug-likeness (QED) is 0.761. The fourth-order valence-electron chi connectivity index (χ4n) is 2.33. The Morgan fingerprint density at radius 3 is 2.78 bits per heavy atom. The molecule has 1 aromatic carbocycles. The van der Waals surface area contributed by atoms with Gasteiger partial charge in [-0.25, -0.2) is 14.3 Å². The Kier molecular flexibility index (Phi) is 4.52. The van der Waals surface area contributed by atoms with Gasteiger partial charge in [-0.2, -0.15) is 5.10 Å². The van der Waals surface area contributed by atoms with Gasteiger partial charge in [-0.1, -0.05) is 37.3 Å². The van der Waals surface area contributed by atoms with Crippen molar-refractivity contribution in [3.63, 3.8) is 0 Å². The summed E-state index contributed by atoms with van der Waals surface area (Å²) < 4.78 is 1.68. The number of aryl methyl sites for hydroxylation is 1. The highest BCUT2D eigenvalue weighted by atomic mass is 16.2. The predicted octanol–water partition coefficient (Wildman–Crippen LogP) is 2.66. The predicted molar refractivity (Wildman–Crippen MR) is 89.5 cm³/mol. The van der Waals surface area contributed by atoms with Crippen molar-refractivity contribution in [3.8, 4) is 0 Å². The fraction of sp³-hybridized carbons (Fsp3) is 0.235. The standard InChI is InChI=1S/C17H19N5O/c1-2-15-20-16-14(9-6-12-22(16)21-15)19-17(23)18-11-10-13-7-4-3-5-8-13/h3-9,12H,2,10-11H2,1H3,(H2,18,19,23). The molecule has 0 aliphatic rings. The van der Waals surface area contributed by atoms with Crippen molar-refractivity contribution in [2.45, 2.75) is 19.8 Å². The molecule has 0 unspecified atom stereocenters. The first kappa shape index (κ1) is 15.0. The monoisotopic (exact) mass is 309 g/mol. The number of carbonyl (C=O) groups excluding carboxylic acids is 1. The second-order valence-electron chi connectivity index (χ2n) is 5.19. The van der Waals surface area contributed by atoms with Crippen LogP contribution >= 0.6 is 0 Å². The number of fused-ring (bicyclic) bond motifs is 1. The minimum Gasteiger partial charge on any atom is -0.338 e. The molecule has 2 N–H and O–H groups in total. The summed E-state index contributed by atoms with van der Waals surface area (Å²) in [4.78, 5) is 16.5. The smallest absolute Gasteiger partial charge is 0.319 e. The molecular weight excluding hydrogens is 290 g/mol. The van der Waals surface area contributed by atoms with Gasteiger partial charge in [0.2, 0.25) is 0 Å². The molecule has 0 atom stereocenters. The second kappa shape index (κ2) is 6.91. The Bertz CT molecular complexity index is 797. The van der Waals surface area contributed by atoms with Crippen LogP contribution in [0, 0.1) is 0 Å². The Labute approximate surface area is 134 Å². The van der Waals surface area contributed by atoms with Gasteiger partial charge in [-0.05, 0) is 24.1 Å². The van der Waals surface area contributed by atoms with E-state index in [1.165, 1.54) is 5.56 Å². The zero-order valence-corrected chi connectivity index (χ0v) is 13.0. The van der Waals surface area contributed by atoms with E-state index in [1.807, 2.05) is 55.6 Å². The van der Waals surface area contributed by atoms with Crippen LogP contribution in [0.25, 0.3) is 5.65 Å². The Balaban J connectivity index is 1.60. The number of aromatic nitrogens is 3. The van der Waals surface area contributed by atoms with Crippen molar-refractivity contribution in [1.82, 2.24) is 19.9 Å². The van der Waals surface area contributed by atoms with Crippen molar-refractivity contribution < 1.29 is 4.79 Å². The van der Waals surface area contributed by atoms with E-state index in [2.05, 4.69) is 20.7 Å². The van der Waals surface area contributed by atoms with Gasteiger partial charge in [0.25, 0.3) is 0 Å². The molecule has 3 aromatic rings. The minimum atomic E-state index is -0.241. The van der Waals surface area contributed by atoms with E-state index in [0.717, 1.165) is 18.7 Å². The average molecular weight is 309 g/mol. The summed E-state index contributed by atoms with van der Waals surface area (Å²) in [5.41, 5.74) is 2.50. The number of pyridine rings is 1. The van der Waals surface area contributed by atoms with E-state index in [1.54, 1.807) is 4.52 Å². The maximum Gasteiger partial charge on any atom is 0.319 e. The minimum absolute atomic E-state index is 0.241. The van der Waals surface area contributed by atoms with Gasteiger partial charge in [0.05, 0.1) is 5.69 Å². The average Bonchev–Trinajstić information content (AvgIpc) is 3.00. The Hall–Kier alpha value is -2.89. The molecule has 0 spiro atoms. The lowest BCUT2D eigenvalue weighted by atomic mass is 10.1. The van der Waals surface area contributed by atoms with Crippen molar-refractivity contribution in [3.05, 3.63) is 60.0 Å². The van der Waals surface area contributed by atoms with Gasteiger partial charge < -0.3 is 10.6 Å². The van der Waals surface area contributed by atoms with Crippen LogP contribution in [0.15, 0.2) is 48.7 Å². The molecule has 6 nitrogen and oxygen atoms in total. The van der Waals surface area contributed by atoms with Crippen molar-refractivity contribution in [2.75, 3.05) is 11.9 Å². The zero-order valence-electron chi connectivity index (χ0n) is 13.0. The van der Waals surface area contributed by atoms with Crippen LogP contribution in [0.5, 0.6) is 0 Å². The fourth-order valence-corrected chi connectivity index (χ4v) is 2.33. The first-order valence-corrected chi connectivity index (χ1v) is 7.69. The van der Waals surface area contributed by atoms with E-state index < -0.39 is 0 Å². The number of anilines is 1. The molecule has 2 amide bonds. The molecule has 0 aliphatic carbocycles. The highest BCUT2D eigenvalue weighted by Crippen LogP contribution is 2.14. The van der Waals surface area contributed by atoms with Crippen LogP contribution in [-0.4, -0.2) is 27.2 Å². The molecule has 6 heteroatoms. The molecule has 118 valence electrons. The zero-order chi connectivity index (χ0) is 16.1. The van der Waals surface area contributed by atoms with E-state index in [0.29, 0.717) is 17.9 Å². The molecular formula is C17H19N5O. The van der Waals surface area contributed by atoms with Crippen molar-refractivity contribution >= 4 is 17.4 Å². The van der Waals surface area contributed by atoms with Gasteiger partial charge >= 0.3 is 6.03 Å². The lowest BCUT2D eigenvalue weighted by Crippen LogP contribution is -2.30. The molecule has 0 saturated heterocycles. The molecule has 0 radical (unpaired) electrons.